The number of benzene rings is 9. The van der Waals surface area contributed by atoms with Crippen LogP contribution in [0.15, 0.2) is 200 Å². The molecule has 1 heterocycles. The van der Waals surface area contributed by atoms with Crippen LogP contribution in [0, 0.1) is 0 Å². The van der Waals surface area contributed by atoms with Gasteiger partial charge in [0, 0.05) is 33.6 Å². The van der Waals surface area contributed by atoms with Crippen molar-refractivity contribution < 1.29 is 4.74 Å². The molecule has 0 bridgehead atoms. The Balaban J connectivity index is 1.02. The summed E-state index contributed by atoms with van der Waals surface area (Å²) in [7, 11) is 0. The number of rotatable bonds is 4. The fraction of sp³-hybridized carbons (Fsp3) is 0.0714. The maximum absolute atomic E-state index is 6.68. The quantitative estimate of drug-likeness (QED) is 0.178. The molecule has 2 heteroatoms. The number of hydrogen-bond donors (Lipinski definition) is 0. The lowest BCUT2D eigenvalue weighted by atomic mass is 9.65. The van der Waals surface area contributed by atoms with Crippen molar-refractivity contribution in [2.24, 2.45) is 0 Å². The average molecular weight is 742 g/mol. The minimum absolute atomic E-state index is 0.0868. The van der Waals surface area contributed by atoms with Crippen LogP contribution in [0.3, 0.4) is 0 Å². The minimum Gasteiger partial charge on any atom is -0.457 e. The van der Waals surface area contributed by atoms with E-state index in [0.717, 1.165) is 28.6 Å². The van der Waals surface area contributed by atoms with Crippen molar-refractivity contribution in [1.82, 2.24) is 0 Å². The Morgan fingerprint density at radius 1 is 0.379 bits per heavy atom. The Hall–Kier alpha value is -7.16. The number of anilines is 3. The molecule has 2 aliphatic carbocycles. The fourth-order valence-corrected chi connectivity index (χ4v) is 10.5. The van der Waals surface area contributed by atoms with E-state index in [1.54, 1.807) is 0 Å². The van der Waals surface area contributed by atoms with Crippen molar-refractivity contribution in [3.05, 3.63) is 234 Å². The fourth-order valence-electron chi connectivity index (χ4n) is 10.5. The number of ether oxygens (including phenoxy) is 1. The highest BCUT2D eigenvalue weighted by atomic mass is 16.5. The van der Waals surface area contributed by atoms with Gasteiger partial charge in [-0.1, -0.05) is 159 Å². The Kier molecular flexibility index (Phi) is 6.93. The molecule has 0 unspecified atom stereocenters. The van der Waals surface area contributed by atoms with Gasteiger partial charge in [-0.2, -0.15) is 0 Å². The lowest BCUT2D eigenvalue weighted by molar-refractivity contribution is 0.437. The Morgan fingerprint density at radius 2 is 0.931 bits per heavy atom. The van der Waals surface area contributed by atoms with Crippen LogP contribution in [0.5, 0.6) is 11.5 Å². The van der Waals surface area contributed by atoms with Gasteiger partial charge in [-0.15, -0.1) is 0 Å². The Labute approximate surface area is 339 Å². The zero-order chi connectivity index (χ0) is 38.6. The smallest absolute Gasteiger partial charge is 0.132 e. The lowest BCUT2D eigenvalue weighted by Crippen LogP contribution is -2.32. The van der Waals surface area contributed by atoms with Gasteiger partial charge in [0.2, 0.25) is 0 Å². The first-order valence-electron chi connectivity index (χ1n) is 20.3. The average Bonchev–Trinajstić information content (AvgIpc) is 3.70. The molecule has 12 rings (SSSR count). The first-order valence-corrected chi connectivity index (χ1v) is 20.3. The minimum atomic E-state index is -0.558. The highest BCUT2D eigenvalue weighted by Crippen LogP contribution is 2.64. The standard InChI is InChI=1S/C56H39NO/c1-55(2)47-19-9-8-18-43(47)44-33-30-41(35-50(44)55)57(39-15-4-3-5-16-39)40-28-24-36(25-29-40)38-27-31-45-46-32-26-37-14-6-7-17-42(37)54(46)56(51(45)34-38)48-20-10-12-22-52(48)58-53-23-13-11-21-49(53)56/h3-35H,1-2H3. The highest BCUT2D eigenvalue weighted by molar-refractivity contribution is 6.01. The SMILES string of the molecule is CC1(C)c2ccccc2-c2ccc(N(c3ccccc3)c3ccc(-c4ccc5c(c4)C4(c6ccccc6Oc6ccccc64)c4c-5ccc5ccccc45)cc3)cc21. The predicted molar refractivity (Wildman–Crippen MR) is 239 cm³/mol. The van der Waals surface area contributed by atoms with E-state index in [1.165, 1.54) is 77.5 Å². The second-order valence-corrected chi connectivity index (χ2v) is 16.4. The molecule has 0 atom stereocenters. The summed E-state index contributed by atoms with van der Waals surface area (Å²) in [5.41, 5.74) is 18.0. The molecule has 0 amide bonds. The molecular formula is C56H39NO. The molecule has 2 nitrogen and oxygen atoms in total. The summed E-state index contributed by atoms with van der Waals surface area (Å²) in [6.07, 6.45) is 0. The van der Waals surface area contributed by atoms with E-state index in [2.05, 4.69) is 219 Å². The van der Waals surface area contributed by atoms with E-state index < -0.39 is 5.41 Å². The second kappa shape index (κ2) is 12.2. The van der Waals surface area contributed by atoms with Crippen molar-refractivity contribution in [3.63, 3.8) is 0 Å². The zero-order valence-electron chi connectivity index (χ0n) is 32.4. The van der Waals surface area contributed by atoms with Gasteiger partial charge in [0.25, 0.3) is 0 Å². The van der Waals surface area contributed by atoms with E-state index >= 15 is 0 Å². The second-order valence-electron chi connectivity index (χ2n) is 16.4. The van der Waals surface area contributed by atoms with E-state index in [4.69, 9.17) is 4.74 Å². The van der Waals surface area contributed by atoms with Gasteiger partial charge in [0.15, 0.2) is 0 Å². The highest BCUT2D eigenvalue weighted by Gasteiger charge is 2.52. The Morgan fingerprint density at radius 3 is 1.71 bits per heavy atom. The summed E-state index contributed by atoms with van der Waals surface area (Å²) in [6, 6.07) is 73.5. The lowest BCUT2D eigenvalue weighted by Gasteiger charge is -2.40. The molecule has 9 aromatic rings. The molecule has 0 fully saturated rings. The van der Waals surface area contributed by atoms with Crippen molar-refractivity contribution in [2.75, 3.05) is 4.90 Å². The van der Waals surface area contributed by atoms with E-state index in [1.807, 2.05) is 0 Å². The number of para-hydroxylation sites is 3. The first-order chi connectivity index (χ1) is 28.5. The largest absolute Gasteiger partial charge is 0.457 e. The predicted octanol–water partition coefficient (Wildman–Crippen LogP) is 14.8. The molecule has 0 N–H and O–H groups in total. The monoisotopic (exact) mass is 741 g/mol. The third-order valence-corrected chi connectivity index (χ3v) is 13.1. The molecular weight excluding hydrogens is 703 g/mol. The third-order valence-electron chi connectivity index (χ3n) is 13.1. The summed E-state index contributed by atoms with van der Waals surface area (Å²) in [4.78, 5) is 2.39. The van der Waals surface area contributed by atoms with Gasteiger partial charge in [-0.25, -0.2) is 0 Å². The van der Waals surface area contributed by atoms with Crippen LogP contribution in [0.4, 0.5) is 17.1 Å². The number of hydrogen-bond acceptors (Lipinski definition) is 2. The first kappa shape index (κ1) is 33.0. The van der Waals surface area contributed by atoms with Gasteiger partial charge < -0.3 is 9.64 Å². The Bertz CT molecular complexity index is 3080. The molecule has 1 spiro atoms. The van der Waals surface area contributed by atoms with Gasteiger partial charge in [-0.05, 0) is 121 Å². The molecule has 9 aromatic carbocycles. The maximum atomic E-state index is 6.68. The molecule has 58 heavy (non-hydrogen) atoms. The molecule has 0 aromatic heterocycles. The van der Waals surface area contributed by atoms with Crippen molar-refractivity contribution in [2.45, 2.75) is 24.7 Å². The molecule has 0 saturated carbocycles. The molecule has 0 saturated heterocycles. The van der Waals surface area contributed by atoms with E-state index in [-0.39, 0.29) is 5.41 Å². The van der Waals surface area contributed by atoms with Crippen molar-refractivity contribution >= 4 is 27.8 Å². The van der Waals surface area contributed by atoms with Crippen LogP contribution < -0.4 is 9.64 Å². The molecule has 1 aliphatic heterocycles. The van der Waals surface area contributed by atoms with Crippen LogP contribution >= 0.6 is 0 Å². The van der Waals surface area contributed by atoms with Gasteiger partial charge in [0.05, 0.1) is 5.41 Å². The van der Waals surface area contributed by atoms with Crippen LogP contribution in [-0.2, 0) is 10.8 Å². The number of fused-ring (bicyclic) bond motifs is 14. The number of nitrogens with zero attached hydrogens (tertiary/aromatic N) is 1. The van der Waals surface area contributed by atoms with Gasteiger partial charge in [-0.3, -0.25) is 0 Å². The van der Waals surface area contributed by atoms with Gasteiger partial charge in [0.1, 0.15) is 11.5 Å². The third kappa shape index (κ3) is 4.49. The van der Waals surface area contributed by atoms with E-state index in [0.29, 0.717) is 0 Å². The summed E-state index contributed by atoms with van der Waals surface area (Å²) >= 11 is 0. The summed E-state index contributed by atoms with van der Waals surface area (Å²) in [5, 5.41) is 2.51. The van der Waals surface area contributed by atoms with Crippen molar-refractivity contribution in [3.8, 4) is 44.9 Å². The van der Waals surface area contributed by atoms with Crippen molar-refractivity contribution in [1.29, 1.82) is 0 Å². The molecule has 274 valence electrons. The zero-order valence-corrected chi connectivity index (χ0v) is 32.4. The molecule has 3 aliphatic rings. The van der Waals surface area contributed by atoms with Crippen LogP contribution in [0.1, 0.15) is 47.2 Å². The summed E-state index contributed by atoms with van der Waals surface area (Å²) in [5.74, 6) is 1.81. The normalized spacial score (nSPS) is 14.4. The topological polar surface area (TPSA) is 12.5 Å². The summed E-state index contributed by atoms with van der Waals surface area (Å²) < 4.78 is 6.68. The maximum Gasteiger partial charge on any atom is 0.132 e. The van der Waals surface area contributed by atoms with Gasteiger partial charge >= 0.3 is 0 Å². The van der Waals surface area contributed by atoms with Crippen LogP contribution in [0.2, 0.25) is 0 Å². The summed E-state index contributed by atoms with van der Waals surface area (Å²) in [6.45, 7) is 4.70. The van der Waals surface area contributed by atoms with Crippen LogP contribution in [0.25, 0.3) is 44.2 Å². The molecule has 0 radical (unpaired) electrons. The van der Waals surface area contributed by atoms with Crippen LogP contribution in [-0.4, -0.2) is 0 Å². The van der Waals surface area contributed by atoms with E-state index in [9.17, 15) is 0 Å².